The van der Waals surface area contributed by atoms with Gasteiger partial charge in [-0.15, -0.1) is 0 Å². The van der Waals surface area contributed by atoms with Crippen molar-refractivity contribution in [1.29, 1.82) is 0 Å². The summed E-state index contributed by atoms with van der Waals surface area (Å²) in [4.78, 5) is 22.5. The number of aromatic nitrogens is 1. The fourth-order valence-corrected chi connectivity index (χ4v) is 4.13. The van der Waals surface area contributed by atoms with E-state index in [2.05, 4.69) is 40.0 Å². The van der Waals surface area contributed by atoms with Crippen LogP contribution in [0.25, 0.3) is 10.9 Å². The molecule has 2 atom stereocenters. The molecule has 0 spiro atoms. The third-order valence-corrected chi connectivity index (χ3v) is 5.28. The second kappa shape index (κ2) is 6.56. The number of rotatable bonds is 5. The Hall–Kier alpha value is -2.27. The molecule has 25 heavy (non-hydrogen) atoms. The van der Waals surface area contributed by atoms with Crippen molar-refractivity contribution < 1.29 is 4.79 Å². The van der Waals surface area contributed by atoms with Gasteiger partial charge in [0.15, 0.2) is 0 Å². The normalized spacial score (nSPS) is 23.5. The molecule has 1 saturated heterocycles. The lowest BCUT2D eigenvalue weighted by atomic mass is 9.83. The Morgan fingerprint density at radius 3 is 2.92 bits per heavy atom. The van der Waals surface area contributed by atoms with Crippen molar-refractivity contribution in [3.8, 4) is 0 Å². The van der Waals surface area contributed by atoms with Gasteiger partial charge in [0.1, 0.15) is 0 Å². The Labute approximate surface area is 147 Å². The molecule has 0 bridgehead atoms. The predicted molar refractivity (Wildman–Crippen MR) is 99.9 cm³/mol. The number of nitrogens with zero attached hydrogens (tertiary/aromatic N) is 3. The Kier molecular flexibility index (Phi) is 4.25. The van der Waals surface area contributed by atoms with E-state index in [9.17, 15) is 4.79 Å². The van der Waals surface area contributed by atoms with Crippen LogP contribution in [0.3, 0.4) is 0 Å². The number of aliphatic imine (C=N–C) groups is 1. The van der Waals surface area contributed by atoms with Crippen LogP contribution in [-0.4, -0.2) is 47.7 Å². The minimum atomic E-state index is -0.223. The van der Waals surface area contributed by atoms with Crippen LogP contribution < -0.4 is 5.73 Å². The van der Waals surface area contributed by atoms with E-state index in [1.807, 2.05) is 12.3 Å². The fourth-order valence-electron chi connectivity index (χ4n) is 4.13. The van der Waals surface area contributed by atoms with E-state index in [-0.39, 0.29) is 5.91 Å². The smallest absolute Gasteiger partial charge is 0.218 e. The van der Waals surface area contributed by atoms with Gasteiger partial charge in [0.2, 0.25) is 5.91 Å². The molecule has 3 heterocycles. The summed E-state index contributed by atoms with van der Waals surface area (Å²) in [5.41, 5.74) is 10.1. The largest absolute Gasteiger partial charge is 0.370 e. The SMILES string of the molecule is CC1CC(c2ccc(C3=NC3)c3ncccc23)CN(CCC(N)=O)C1. The lowest BCUT2D eigenvalue weighted by Gasteiger charge is -2.37. The minimum absolute atomic E-state index is 0.223. The third kappa shape index (κ3) is 3.42. The highest BCUT2D eigenvalue weighted by Crippen LogP contribution is 2.35. The van der Waals surface area contributed by atoms with Gasteiger partial charge in [-0.2, -0.15) is 0 Å². The number of primary amides is 1. The summed E-state index contributed by atoms with van der Waals surface area (Å²) >= 11 is 0. The van der Waals surface area contributed by atoms with Gasteiger partial charge in [-0.3, -0.25) is 14.8 Å². The summed E-state index contributed by atoms with van der Waals surface area (Å²) in [6.07, 6.45) is 3.46. The zero-order valence-corrected chi connectivity index (χ0v) is 14.6. The molecule has 0 saturated carbocycles. The van der Waals surface area contributed by atoms with Gasteiger partial charge in [0, 0.05) is 43.2 Å². The second-order valence-electron chi connectivity index (χ2n) is 7.38. The maximum Gasteiger partial charge on any atom is 0.218 e. The van der Waals surface area contributed by atoms with Gasteiger partial charge < -0.3 is 10.6 Å². The van der Waals surface area contributed by atoms with E-state index in [1.54, 1.807) is 0 Å². The first kappa shape index (κ1) is 16.2. The first-order valence-corrected chi connectivity index (χ1v) is 9.04. The molecule has 4 rings (SSSR count). The standard InChI is InChI=1S/C20H24N4O/c1-13-9-14(12-24(11-13)8-6-19(21)25)15-4-5-17(18-10-23-18)20-16(15)3-2-7-22-20/h2-5,7,13-14H,6,8-12H2,1H3,(H2,21,25). The molecule has 2 aliphatic rings. The second-order valence-corrected chi connectivity index (χ2v) is 7.38. The monoisotopic (exact) mass is 336 g/mol. The number of hydrogen-bond donors (Lipinski definition) is 1. The molecule has 1 aromatic carbocycles. The van der Waals surface area contributed by atoms with Crippen LogP contribution in [0, 0.1) is 5.92 Å². The molecular weight excluding hydrogens is 312 g/mol. The molecule has 1 aromatic heterocycles. The van der Waals surface area contributed by atoms with Gasteiger partial charge in [0.25, 0.3) is 0 Å². The molecule has 0 aliphatic carbocycles. The topological polar surface area (TPSA) is 71.6 Å². The Balaban J connectivity index is 1.65. The maximum atomic E-state index is 11.1. The van der Waals surface area contributed by atoms with Crippen LogP contribution in [0.5, 0.6) is 0 Å². The summed E-state index contributed by atoms with van der Waals surface area (Å²) in [6.45, 7) is 5.89. The molecule has 2 N–H and O–H groups in total. The zero-order valence-electron chi connectivity index (χ0n) is 14.6. The van der Waals surface area contributed by atoms with Crippen LogP contribution in [0.4, 0.5) is 0 Å². The van der Waals surface area contributed by atoms with Crippen molar-refractivity contribution in [2.45, 2.75) is 25.7 Å². The molecule has 5 nitrogen and oxygen atoms in total. The number of pyridine rings is 1. The van der Waals surface area contributed by atoms with Crippen LogP contribution in [0.2, 0.25) is 0 Å². The molecule has 1 amide bonds. The minimum Gasteiger partial charge on any atom is -0.370 e. The van der Waals surface area contributed by atoms with E-state index in [0.717, 1.165) is 43.8 Å². The first-order valence-electron chi connectivity index (χ1n) is 9.04. The molecular formula is C20H24N4O. The average molecular weight is 336 g/mol. The predicted octanol–water partition coefficient (Wildman–Crippen LogP) is 2.34. The molecule has 1 fully saturated rings. The quantitative estimate of drug-likeness (QED) is 0.911. The van der Waals surface area contributed by atoms with Crippen molar-refractivity contribution in [2.24, 2.45) is 16.6 Å². The number of benzene rings is 1. The van der Waals surface area contributed by atoms with Crippen molar-refractivity contribution in [1.82, 2.24) is 9.88 Å². The number of nitrogens with two attached hydrogens (primary N) is 1. The Morgan fingerprint density at radius 1 is 1.32 bits per heavy atom. The Morgan fingerprint density at radius 2 is 2.16 bits per heavy atom. The molecule has 2 aliphatic heterocycles. The van der Waals surface area contributed by atoms with E-state index in [0.29, 0.717) is 18.3 Å². The highest BCUT2D eigenvalue weighted by atomic mass is 16.1. The van der Waals surface area contributed by atoms with Crippen LogP contribution in [-0.2, 0) is 4.79 Å². The number of fused-ring (bicyclic) bond motifs is 1. The van der Waals surface area contributed by atoms with Crippen molar-refractivity contribution in [3.63, 3.8) is 0 Å². The number of carbonyl (C=O) groups is 1. The highest BCUT2D eigenvalue weighted by Gasteiger charge is 2.28. The number of carbonyl (C=O) groups excluding carboxylic acids is 1. The van der Waals surface area contributed by atoms with Crippen LogP contribution in [0.1, 0.15) is 36.8 Å². The number of amides is 1. The van der Waals surface area contributed by atoms with E-state index in [1.165, 1.54) is 16.5 Å². The van der Waals surface area contributed by atoms with Crippen LogP contribution in [0.15, 0.2) is 35.5 Å². The number of piperidine rings is 1. The number of likely N-dealkylation sites (tertiary alicyclic amines) is 1. The van der Waals surface area contributed by atoms with E-state index < -0.39 is 0 Å². The van der Waals surface area contributed by atoms with Crippen LogP contribution >= 0.6 is 0 Å². The first-order chi connectivity index (χ1) is 12.1. The van der Waals surface area contributed by atoms with Crippen molar-refractivity contribution >= 4 is 22.5 Å². The van der Waals surface area contributed by atoms with Crippen molar-refractivity contribution in [3.05, 3.63) is 41.6 Å². The van der Waals surface area contributed by atoms with Gasteiger partial charge in [-0.25, -0.2) is 0 Å². The molecule has 130 valence electrons. The van der Waals surface area contributed by atoms with Crippen molar-refractivity contribution in [2.75, 3.05) is 26.2 Å². The molecule has 5 heteroatoms. The summed E-state index contributed by atoms with van der Waals surface area (Å²) in [5, 5.41) is 1.24. The lowest BCUT2D eigenvalue weighted by molar-refractivity contribution is -0.118. The number of hydrogen-bond acceptors (Lipinski definition) is 4. The summed E-state index contributed by atoms with van der Waals surface area (Å²) in [7, 11) is 0. The van der Waals surface area contributed by atoms with Gasteiger partial charge in [0.05, 0.1) is 17.8 Å². The molecule has 2 aromatic rings. The van der Waals surface area contributed by atoms with E-state index in [4.69, 9.17) is 5.73 Å². The highest BCUT2D eigenvalue weighted by molar-refractivity contribution is 6.17. The zero-order chi connectivity index (χ0) is 17.4. The lowest BCUT2D eigenvalue weighted by Crippen LogP contribution is -2.40. The summed E-state index contributed by atoms with van der Waals surface area (Å²) in [6, 6.07) is 8.64. The van der Waals surface area contributed by atoms with Gasteiger partial charge in [-0.05, 0) is 29.9 Å². The van der Waals surface area contributed by atoms with E-state index >= 15 is 0 Å². The van der Waals surface area contributed by atoms with Gasteiger partial charge in [-0.1, -0.05) is 25.1 Å². The molecule has 0 radical (unpaired) electrons. The summed E-state index contributed by atoms with van der Waals surface area (Å²) < 4.78 is 0. The van der Waals surface area contributed by atoms with Gasteiger partial charge >= 0.3 is 0 Å². The Bertz CT molecular complexity index is 845. The molecule has 2 unspecified atom stereocenters. The summed E-state index contributed by atoms with van der Waals surface area (Å²) in [5.74, 6) is 0.836. The average Bonchev–Trinajstić information content (AvgIpc) is 3.43. The fraction of sp³-hybridized carbons (Fsp3) is 0.450. The third-order valence-electron chi connectivity index (χ3n) is 5.28. The maximum absolute atomic E-state index is 11.1.